The Morgan fingerprint density at radius 1 is 1.47 bits per heavy atom. The van der Waals surface area contributed by atoms with Gasteiger partial charge in [-0.3, -0.25) is 5.10 Å². The Morgan fingerprint density at radius 2 is 2.42 bits per heavy atom. The summed E-state index contributed by atoms with van der Waals surface area (Å²) in [5.74, 6) is 2.43. The molecule has 3 rings (SSSR count). The predicted octanol–water partition coefficient (Wildman–Crippen LogP) is 3.05. The Bertz CT molecular complexity index is 644. The summed E-state index contributed by atoms with van der Waals surface area (Å²) in [6.07, 6.45) is 0.800. The third kappa shape index (κ3) is 3.24. The van der Waals surface area contributed by atoms with Crippen molar-refractivity contribution in [3.63, 3.8) is 0 Å². The van der Waals surface area contributed by atoms with Crippen LogP contribution >= 0.6 is 23.1 Å². The fourth-order valence-electron chi connectivity index (χ4n) is 1.62. The van der Waals surface area contributed by atoms with E-state index in [2.05, 4.69) is 31.8 Å². The molecule has 3 aromatic heterocycles. The van der Waals surface area contributed by atoms with Crippen LogP contribution in [0.25, 0.3) is 0 Å². The topological polar surface area (TPSA) is 67.6 Å². The zero-order valence-electron chi connectivity index (χ0n) is 10.3. The Kier molecular flexibility index (Phi) is 3.65. The lowest BCUT2D eigenvalue weighted by atomic mass is 10.3. The van der Waals surface area contributed by atoms with Crippen LogP contribution in [0.2, 0.25) is 0 Å². The molecule has 0 aromatic carbocycles. The van der Waals surface area contributed by atoms with E-state index in [0.717, 1.165) is 28.9 Å². The summed E-state index contributed by atoms with van der Waals surface area (Å²) in [5.41, 5.74) is 0.909. The number of aromatic amines is 1. The van der Waals surface area contributed by atoms with Gasteiger partial charge >= 0.3 is 0 Å². The quantitative estimate of drug-likeness (QED) is 0.732. The van der Waals surface area contributed by atoms with Gasteiger partial charge in [0, 0.05) is 23.1 Å². The van der Waals surface area contributed by atoms with Crippen molar-refractivity contribution in [2.75, 3.05) is 0 Å². The van der Waals surface area contributed by atoms with Gasteiger partial charge in [-0.2, -0.15) is 0 Å². The largest absolute Gasteiger partial charge is 0.361 e. The minimum absolute atomic E-state index is 0.716. The molecule has 0 aliphatic heterocycles. The molecule has 0 fully saturated rings. The number of nitrogens with zero attached hydrogens (tertiary/aromatic N) is 3. The summed E-state index contributed by atoms with van der Waals surface area (Å²) in [6.45, 7) is 1.88. The number of hydrogen-bond donors (Lipinski definition) is 1. The van der Waals surface area contributed by atoms with E-state index in [1.807, 2.05) is 19.1 Å². The number of H-pyrrole nitrogens is 1. The average Bonchev–Trinajstić information content (AvgIpc) is 3.10. The van der Waals surface area contributed by atoms with Gasteiger partial charge in [-0.1, -0.05) is 23.0 Å². The third-order valence-electron chi connectivity index (χ3n) is 2.46. The highest BCUT2D eigenvalue weighted by Gasteiger charge is 2.07. The predicted molar refractivity (Wildman–Crippen MR) is 74.3 cm³/mol. The van der Waals surface area contributed by atoms with Gasteiger partial charge in [0.15, 0.2) is 0 Å². The lowest BCUT2D eigenvalue weighted by molar-refractivity contribution is 0.393. The smallest absolute Gasteiger partial charge is 0.208 e. The first-order valence-electron chi connectivity index (χ1n) is 5.78. The van der Waals surface area contributed by atoms with Crippen molar-refractivity contribution >= 4 is 23.1 Å². The molecule has 0 aliphatic carbocycles. The number of hydrogen-bond acceptors (Lipinski definition) is 6. The van der Waals surface area contributed by atoms with Crippen LogP contribution in [0.15, 0.2) is 33.3 Å². The van der Waals surface area contributed by atoms with Crippen LogP contribution < -0.4 is 0 Å². The Morgan fingerprint density at radius 3 is 3.16 bits per heavy atom. The molecule has 0 unspecified atom stereocenters. The highest BCUT2D eigenvalue weighted by Crippen LogP contribution is 2.20. The van der Waals surface area contributed by atoms with Crippen LogP contribution in [0.5, 0.6) is 0 Å². The fourth-order valence-corrected chi connectivity index (χ4v) is 3.03. The van der Waals surface area contributed by atoms with E-state index in [1.165, 1.54) is 4.88 Å². The first kappa shape index (κ1) is 12.4. The van der Waals surface area contributed by atoms with Crippen LogP contribution in [0, 0.1) is 6.92 Å². The molecule has 0 atom stereocenters. The molecule has 98 valence electrons. The van der Waals surface area contributed by atoms with Crippen LogP contribution in [0.4, 0.5) is 0 Å². The monoisotopic (exact) mass is 292 g/mol. The molecule has 3 aromatic rings. The molecule has 1 N–H and O–H groups in total. The Balaban J connectivity index is 1.59. The van der Waals surface area contributed by atoms with Gasteiger partial charge < -0.3 is 4.52 Å². The standard InChI is InChI=1S/C12H12N4OS2/c1-8-5-9(16-17-8)7-19-12-13-11(14-15-12)6-10-3-2-4-18-10/h2-5H,6-7H2,1H3,(H,13,14,15). The zero-order valence-corrected chi connectivity index (χ0v) is 11.9. The SMILES string of the molecule is Cc1cc(CSc2n[nH]c(Cc3cccs3)n2)no1. The maximum Gasteiger partial charge on any atom is 0.208 e. The van der Waals surface area contributed by atoms with Crippen molar-refractivity contribution in [3.05, 3.63) is 45.7 Å². The van der Waals surface area contributed by atoms with Gasteiger partial charge in [0.1, 0.15) is 11.6 Å². The van der Waals surface area contributed by atoms with Crippen molar-refractivity contribution in [1.29, 1.82) is 0 Å². The first-order chi connectivity index (χ1) is 9.29. The van der Waals surface area contributed by atoms with Gasteiger partial charge in [-0.05, 0) is 18.4 Å². The number of nitrogens with one attached hydrogen (secondary N) is 1. The summed E-state index contributed by atoms with van der Waals surface area (Å²) in [6, 6.07) is 6.06. The molecule has 0 radical (unpaired) electrons. The normalized spacial score (nSPS) is 11.0. The highest BCUT2D eigenvalue weighted by molar-refractivity contribution is 7.98. The van der Waals surface area contributed by atoms with E-state index in [0.29, 0.717) is 5.75 Å². The van der Waals surface area contributed by atoms with E-state index >= 15 is 0 Å². The zero-order chi connectivity index (χ0) is 13.1. The molecule has 0 aliphatic rings. The molecular formula is C12H12N4OS2. The maximum absolute atomic E-state index is 5.02. The second-order valence-electron chi connectivity index (χ2n) is 4.04. The van der Waals surface area contributed by atoms with E-state index < -0.39 is 0 Å². The lowest BCUT2D eigenvalue weighted by Gasteiger charge is -1.91. The fraction of sp³-hybridized carbons (Fsp3) is 0.250. The van der Waals surface area contributed by atoms with Gasteiger partial charge in [-0.25, -0.2) is 4.98 Å². The van der Waals surface area contributed by atoms with Gasteiger partial charge in [0.2, 0.25) is 5.16 Å². The number of rotatable bonds is 5. The number of aromatic nitrogens is 4. The maximum atomic E-state index is 5.02. The summed E-state index contributed by atoms with van der Waals surface area (Å²) in [5, 5.41) is 13.9. The molecule has 0 bridgehead atoms. The number of thioether (sulfide) groups is 1. The van der Waals surface area contributed by atoms with Crippen molar-refractivity contribution in [1.82, 2.24) is 20.3 Å². The molecule has 0 saturated heterocycles. The second-order valence-corrected chi connectivity index (χ2v) is 6.01. The minimum atomic E-state index is 0.716. The van der Waals surface area contributed by atoms with Crippen LogP contribution in [0.1, 0.15) is 22.2 Å². The van der Waals surface area contributed by atoms with E-state index in [-0.39, 0.29) is 0 Å². The van der Waals surface area contributed by atoms with Gasteiger partial charge in [0.05, 0.1) is 5.69 Å². The van der Waals surface area contributed by atoms with Crippen molar-refractivity contribution in [3.8, 4) is 0 Å². The molecule has 0 saturated carbocycles. The summed E-state index contributed by atoms with van der Waals surface area (Å²) < 4.78 is 5.02. The Labute approximate surface area is 118 Å². The van der Waals surface area contributed by atoms with Crippen LogP contribution in [-0.4, -0.2) is 20.3 Å². The van der Waals surface area contributed by atoms with Crippen molar-refractivity contribution in [2.24, 2.45) is 0 Å². The Hall–Kier alpha value is -1.60. The first-order valence-corrected chi connectivity index (χ1v) is 7.65. The number of thiophene rings is 1. The molecule has 3 heterocycles. The summed E-state index contributed by atoms with van der Waals surface area (Å²) in [4.78, 5) is 5.73. The van der Waals surface area contributed by atoms with E-state index in [4.69, 9.17) is 4.52 Å². The third-order valence-corrected chi connectivity index (χ3v) is 4.22. The van der Waals surface area contributed by atoms with Crippen molar-refractivity contribution in [2.45, 2.75) is 24.3 Å². The van der Waals surface area contributed by atoms with Gasteiger partial charge in [0.25, 0.3) is 0 Å². The second kappa shape index (κ2) is 5.58. The summed E-state index contributed by atoms with van der Waals surface area (Å²) in [7, 11) is 0. The molecule has 5 nitrogen and oxygen atoms in total. The summed E-state index contributed by atoms with van der Waals surface area (Å²) >= 11 is 3.27. The number of aryl methyl sites for hydroxylation is 1. The molecular weight excluding hydrogens is 280 g/mol. The van der Waals surface area contributed by atoms with Crippen LogP contribution in [-0.2, 0) is 12.2 Å². The van der Waals surface area contributed by atoms with Crippen LogP contribution in [0.3, 0.4) is 0 Å². The molecule has 19 heavy (non-hydrogen) atoms. The highest BCUT2D eigenvalue weighted by atomic mass is 32.2. The van der Waals surface area contributed by atoms with E-state index in [9.17, 15) is 0 Å². The molecule has 0 amide bonds. The molecule has 7 heteroatoms. The molecule has 0 spiro atoms. The van der Waals surface area contributed by atoms with E-state index in [1.54, 1.807) is 23.1 Å². The van der Waals surface area contributed by atoms with Gasteiger partial charge in [-0.15, -0.1) is 16.4 Å². The lowest BCUT2D eigenvalue weighted by Crippen LogP contribution is -1.87. The van der Waals surface area contributed by atoms with Crippen molar-refractivity contribution < 1.29 is 4.52 Å². The average molecular weight is 292 g/mol. The minimum Gasteiger partial charge on any atom is -0.361 e.